The van der Waals surface area contributed by atoms with Crippen LogP contribution in [0.15, 0.2) is 77.6 Å². The maximum atomic E-state index is 4.11. The van der Waals surface area contributed by atoms with E-state index in [2.05, 4.69) is 175 Å². The van der Waals surface area contributed by atoms with Gasteiger partial charge in [0, 0.05) is 35.6 Å². The number of allylic oxidation sites excluding steroid dienone is 4. The molecule has 51 heavy (non-hydrogen) atoms. The van der Waals surface area contributed by atoms with Crippen LogP contribution in [0.1, 0.15) is 163 Å². The quantitative estimate of drug-likeness (QED) is 0.337. The van der Waals surface area contributed by atoms with Crippen molar-refractivity contribution >= 4 is 11.4 Å². The minimum absolute atomic E-state index is 0.0256. The van der Waals surface area contributed by atoms with Gasteiger partial charge in [-0.05, 0) is 135 Å². The number of nitrogens with zero attached hydrogens (tertiary/aromatic N) is 1. The Morgan fingerprint density at radius 1 is 0.647 bits per heavy atom. The Morgan fingerprint density at radius 3 is 1.71 bits per heavy atom. The normalized spacial score (nSPS) is 24.9. The fourth-order valence-corrected chi connectivity index (χ4v) is 9.22. The maximum absolute atomic E-state index is 4.11. The van der Waals surface area contributed by atoms with Crippen LogP contribution in [0.4, 0.5) is 11.4 Å². The molecule has 4 aliphatic carbocycles. The molecule has 2 aromatic carbocycles. The first-order valence-corrected chi connectivity index (χ1v) is 20.1. The van der Waals surface area contributed by atoms with Gasteiger partial charge < -0.3 is 10.2 Å². The Bertz CT molecular complexity index is 1800. The van der Waals surface area contributed by atoms with E-state index in [1.165, 1.54) is 81.7 Å². The van der Waals surface area contributed by atoms with Crippen molar-refractivity contribution < 1.29 is 0 Å². The fourth-order valence-electron chi connectivity index (χ4n) is 9.22. The zero-order valence-electron chi connectivity index (χ0n) is 35.1. The zero-order valence-corrected chi connectivity index (χ0v) is 35.1. The molecule has 0 aliphatic heterocycles. The summed E-state index contributed by atoms with van der Waals surface area (Å²) in [4.78, 5) is 2.67. The molecule has 0 bridgehead atoms. The Morgan fingerprint density at radius 2 is 1.18 bits per heavy atom. The van der Waals surface area contributed by atoms with Crippen molar-refractivity contribution in [1.29, 1.82) is 0 Å². The van der Waals surface area contributed by atoms with Crippen molar-refractivity contribution in [3.63, 3.8) is 0 Å². The average Bonchev–Trinajstić information content (AvgIpc) is 3.02. The molecule has 0 saturated heterocycles. The minimum Gasteiger partial charge on any atom is -0.314 e. The molecule has 0 unspecified atom stereocenters. The van der Waals surface area contributed by atoms with E-state index in [1.807, 2.05) is 0 Å². The lowest BCUT2D eigenvalue weighted by Gasteiger charge is -2.44. The molecule has 6 rings (SSSR count). The van der Waals surface area contributed by atoms with Crippen LogP contribution in [0.2, 0.25) is 0 Å². The molecule has 0 heterocycles. The molecule has 0 spiro atoms. The number of hydrogen-bond donors (Lipinski definition) is 1. The van der Waals surface area contributed by atoms with E-state index >= 15 is 0 Å². The highest BCUT2D eigenvalue weighted by molar-refractivity contribution is 5.75. The third-order valence-electron chi connectivity index (χ3n) is 13.2. The van der Waals surface area contributed by atoms with Gasteiger partial charge in [-0.1, -0.05) is 133 Å². The van der Waals surface area contributed by atoms with E-state index in [-0.39, 0.29) is 38.5 Å². The second kappa shape index (κ2) is 12.6. The first-order chi connectivity index (χ1) is 23.4. The van der Waals surface area contributed by atoms with Gasteiger partial charge >= 0.3 is 0 Å². The van der Waals surface area contributed by atoms with Gasteiger partial charge in [0.15, 0.2) is 0 Å². The van der Waals surface area contributed by atoms with E-state index in [9.17, 15) is 0 Å². The van der Waals surface area contributed by atoms with Crippen molar-refractivity contribution in [2.45, 2.75) is 176 Å². The predicted molar refractivity (Wildman–Crippen MR) is 223 cm³/mol. The first kappa shape index (κ1) is 37.9. The van der Waals surface area contributed by atoms with Crippen molar-refractivity contribution in [3.05, 3.63) is 105 Å². The Balaban J connectivity index is 1.51. The van der Waals surface area contributed by atoms with Crippen molar-refractivity contribution in [3.8, 4) is 0 Å². The van der Waals surface area contributed by atoms with E-state index < -0.39 is 0 Å². The largest absolute Gasteiger partial charge is 0.314 e. The number of benzene rings is 2. The van der Waals surface area contributed by atoms with E-state index in [4.69, 9.17) is 0 Å². The molecule has 4 aliphatic rings. The monoisotopic (exact) mass is 687 g/mol. The molecule has 276 valence electrons. The molecular weight excluding hydrogens is 617 g/mol. The summed E-state index contributed by atoms with van der Waals surface area (Å²) in [7, 11) is 0. The standard InChI is InChI=1S/C49H70N2/c1-32-26-40-42(49(14,15)25-24-47(40,10)11)31-43(32)51(37-20-21-39-41(30-37)48(12,13)23-22-46(39,8)9)38-28-34(45(5,6)7)27-36(29-38)50-35-18-16-33(17-19-35)44(2,3)4/h16-18,20-21,26-28,30-31,35-36,50H,19,22-25,29H2,1-15H3/t35-,36+/m1/s1. The third kappa shape index (κ3) is 7.38. The maximum Gasteiger partial charge on any atom is 0.0490 e. The molecule has 0 radical (unpaired) electrons. The Labute approximate surface area is 313 Å². The average molecular weight is 687 g/mol. The summed E-state index contributed by atoms with van der Waals surface area (Å²) in [6.07, 6.45) is 19.1. The highest BCUT2D eigenvalue weighted by atomic mass is 15.2. The van der Waals surface area contributed by atoms with Crippen LogP contribution in [0.3, 0.4) is 0 Å². The summed E-state index contributed by atoms with van der Waals surface area (Å²) in [6.45, 7) is 36.0. The van der Waals surface area contributed by atoms with Crippen LogP contribution in [0.25, 0.3) is 0 Å². The lowest BCUT2D eigenvalue weighted by molar-refractivity contribution is 0.331. The Hall–Kier alpha value is -2.84. The second-order valence-corrected chi connectivity index (χ2v) is 21.4. The molecule has 0 aromatic heterocycles. The number of rotatable bonds is 5. The summed E-state index contributed by atoms with van der Waals surface area (Å²) in [5.74, 6) is 0. The highest BCUT2D eigenvalue weighted by Crippen LogP contribution is 2.51. The van der Waals surface area contributed by atoms with Gasteiger partial charge in [-0.15, -0.1) is 0 Å². The van der Waals surface area contributed by atoms with Gasteiger partial charge in [0.1, 0.15) is 0 Å². The van der Waals surface area contributed by atoms with Crippen molar-refractivity contribution in [1.82, 2.24) is 5.32 Å². The van der Waals surface area contributed by atoms with Crippen molar-refractivity contribution in [2.24, 2.45) is 10.8 Å². The third-order valence-corrected chi connectivity index (χ3v) is 13.2. The van der Waals surface area contributed by atoms with E-state index in [1.54, 1.807) is 0 Å². The summed E-state index contributed by atoms with van der Waals surface area (Å²) in [5.41, 5.74) is 15.2. The van der Waals surface area contributed by atoms with Gasteiger partial charge in [-0.3, -0.25) is 0 Å². The van der Waals surface area contributed by atoms with E-state index in [0.717, 1.165) is 12.8 Å². The van der Waals surface area contributed by atoms with Crippen LogP contribution < -0.4 is 10.2 Å². The van der Waals surface area contributed by atoms with E-state index in [0.29, 0.717) is 6.04 Å². The van der Waals surface area contributed by atoms with Gasteiger partial charge in [0.05, 0.1) is 0 Å². The summed E-state index contributed by atoms with van der Waals surface area (Å²) in [6, 6.07) is 13.2. The van der Waals surface area contributed by atoms with Gasteiger partial charge in [-0.25, -0.2) is 0 Å². The topological polar surface area (TPSA) is 15.3 Å². The molecule has 0 saturated carbocycles. The lowest BCUT2D eigenvalue weighted by atomic mass is 9.62. The summed E-state index contributed by atoms with van der Waals surface area (Å²) in [5, 5.41) is 4.11. The summed E-state index contributed by atoms with van der Waals surface area (Å²) >= 11 is 0. The lowest BCUT2D eigenvalue weighted by Crippen LogP contribution is -2.40. The molecule has 2 aromatic rings. The number of fused-ring (bicyclic) bond motifs is 2. The molecule has 2 heteroatoms. The fraction of sp³-hybridized carbons (Fsp3) is 0.592. The zero-order chi connectivity index (χ0) is 37.5. The second-order valence-electron chi connectivity index (χ2n) is 21.4. The first-order valence-electron chi connectivity index (χ1n) is 20.1. The molecule has 0 amide bonds. The smallest absolute Gasteiger partial charge is 0.0490 e. The Kier molecular flexibility index (Phi) is 9.39. The van der Waals surface area contributed by atoms with Crippen LogP contribution in [0.5, 0.6) is 0 Å². The van der Waals surface area contributed by atoms with Crippen LogP contribution in [-0.2, 0) is 21.7 Å². The van der Waals surface area contributed by atoms with Crippen LogP contribution in [-0.4, -0.2) is 12.1 Å². The molecular formula is C49H70N2. The number of nitrogens with one attached hydrogen (secondary N) is 1. The van der Waals surface area contributed by atoms with Crippen molar-refractivity contribution in [2.75, 3.05) is 4.90 Å². The predicted octanol–water partition coefficient (Wildman–Crippen LogP) is 13.4. The van der Waals surface area contributed by atoms with Gasteiger partial charge in [-0.2, -0.15) is 0 Å². The molecule has 2 atom stereocenters. The molecule has 2 nitrogen and oxygen atoms in total. The van der Waals surface area contributed by atoms with Crippen LogP contribution in [0, 0.1) is 17.8 Å². The van der Waals surface area contributed by atoms with Crippen LogP contribution >= 0.6 is 0 Å². The summed E-state index contributed by atoms with van der Waals surface area (Å²) < 4.78 is 0. The number of anilines is 2. The molecule has 1 N–H and O–H groups in total. The highest BCUT2D eigenvalue weighted by Gasteiger charge is 2.40. The number of hydrogen-bond acceptors (Lipinski definition) is 2. The van der Waals surface area contributed by atoms with Gasteiger partial charge in [0.2, 0.25) is 0 Å². The number of aryl methyl sites for hydroxylation is 1. The minimum atomic E-state index is 0.0256. The van der Waals surface area contributed by atoms with Gasteiger partial charge in [0.25, 0.3) is 0 Å². The SMILES string of the molecule is Cc1cc2c(cc1N(C1=CC(C(C)(C)C)=C[C@H](N[C@@H]3C=CC(C(C)(C)C)=CC3)C1)c1ccc3c(c1)C(C)(C)CCC3(C)C)C(C)(C)CCC2(C)C. The molecule has 0 fully saturated rings.